The Balaban J connectivity index is 1.40. The summed E-state index contributed by atoms with van der Waals surface area (Å²) in [5.74, 6) is 1.26. The van der Waals surface area contributed by atoms with Crippen molar-refractivity contribution in [2.45, 2.75) is 12.8 Å². The van der Waals surface area contributed by atoms with Crippen LogP contribution in [0.3, 0.4) is 0 Å². The minimum Gasteiger partial charge on any atom is -0.507 e. The summed E-state index contributed by atoms with van der Waals surface area (Å²) in [4.78, 5) is 19.0. The van der Waals surface area contributed by atoms with E-state index in [4.69, 9.17) is 16.3 Å². The van der Waals surface area contributed by atoms with Gasteiger partial charge in [0.25, 0.3) is 5.91 Å². The average molecular weight is 497 g/mol. The Kier molecular flexibility index (Phi) is 5.38. The quantitative estimate of drug-likeness (QED) is 0.263. The van der Waals surface area contributed by atoms with Crippen LogP contribution >= 0.6 is 11.6 Å². The predicted molar refractivity (Wildman–Crippen MR) is 146 cm³/mol. The Bertz CT molecular complexity index is 1640. The molecule has 0 bridgehead atoms. The molecule has 0 saturated heterocycles. The van der Waals surface area contributed by atoms with E-state index in [-0.39, 0.29) is 17.6 Å². The van der Waals surface area contributed by atoms with Gasteiger partial charge in [-0.05, 0) is 77.5 Å². The molecule has 1 amide bonds. The fourth-order valence-corrected chi connectivity index (χ4v) is 5.62. The van der Waals surface area contributed by atoms with Crippen LogP contribution < -0.4 is 9.64 Å². The van der Waals surface area contributed by atoms with Crippen LogP contribution in [0.15, 0.2) is 72.8 Å². The van der Waals surface area contributed by atoms with Gasteiger partial charge in [-0.2, -0.15) is 0 Å². The van der Waals surface area contributed by atoms with Crippen molar-refractivity contribution in [3.8, 4) is 22.8 Å². The zero-order valence-corrected chi connectivity index (χ0v) is 20.8. The SMILES string of the molecule is COc1ccc(-c2cc3cc(C(=O)N4C[C@@H](CCl)c5c4cc(O)c4cccc(C)c54)ccc3[nH]2)cc1. The highest BCUT2D eigenvalue weighted by atomic mass is 35.5. The van der Waals surface area contributed by atoms with E-state index in [1.807, 2.05) is 67.6 Å². The summed E-state index contributed by atoms with van der Waals surface area (Å²) in [6, 6.07) is 23.2. The van der Waals surface area contributed by atoms with Gasteiger partial charge in [-0.3, -0.25) is 4.79 Å². The molecule has 4 aromatic carbocycles. The Labute approximate surface area is 213 Å². The first-order chi connectivity index (χ1) is 17.5. The summed E-state index contributed by atoms with van der Waals surface area (Å²) in [7, 11) is 1.65. The number of fused-ring (bicyclic) bond motifs is 4. The maximum Gasteiger partial charge on any atom is 0.258 e. The largest absolute Gasteiger partial charge is 0.507 e. The molecular weight excluding hydrogens is 472 g/mol. The van der Waals surface area contributed by atoms with Crippen molar-refractivity contribution in [2.75, 3.05) is 24.4 Å². The molecule has 36 heavy (non-hydrogen) atoms. The number of hydrogen-bond acceptors (Lipinski definition) is 3. The molecule has 1 aromatic heterocycles. The lowest BCUT2D eigenvalue weighted by Crippen LogP contribution is -2.30. The highest BCUT2D eigenvalue weighted by Gasteiger charge is 2.35. The number of carbonyl (C=O) groups is 1. The zero-order valence-electron chi connectivity index (χ0n) is 20.0. The summed E-state index contributed by atoms with van der Waals surface area (Å²) < 4.78 is 5.26. The number of phenolic OH excluding ortho intramolecular Hbond substituents is 1. The van der Waals surface area contributed by atoms with Crippen LogP contribution in [0.25, 0.3) is 32.9 Å². The molecular formula is C30H25ClN2O3. The second-order valence-electron chi connectivity index (χ2n) is 9.31. The molecule has 5 nitrogen and oxygen atoms in total. The van der Waals surface area contributed by atoms with Gasteiger partial charge in [-0.15, -0.1) is 11.6 Å². The highest BCUT2D eigenvalue weighted by molar-refractivity contribution is 6.19. The topological polar surface area (TPSA) is 65.6 Å². The molecule has 0 saturated carbocycles. The normalized spacial score (nSPS) is 15.0. The third-order valence-electron chi connectivity index (χ3n) is 7.17. The minimum atomic E-state index is -0.106. The van der Waals surface area contributed by atoms with Crippen LogP contribution in [-0.2, 0) is 0 Å². The third kappa shape index (κ3) is 3.50. The van der Waals surface area contributed by atoms with E-state index in [1.165, 1.54) is 0 Å². The number of alkyl halides is 1. The van der Waals surface area contributed by atoms with Crippen LogP contribution in [0.2, 0.25) is 0 Å². The fraction of sp³-hybridized carbons (Fsp3) is 0.167. The number of H-pyrrole nitrogens is 1. The molecule has 0 fully saturated rings. The summed E-state index contributed by atoms with van der Waals surface area (Å²) in [6.07, 6.45) is 0. The third-order valence-corrected chi connectivity index (χ3v) is 7.54. The second-order valence-corrected chi connectivity index (χ2v) is 9.62. The van der Waals surface area contributed by atoms with Gasteiger partial charge in [0.2, 0.25) is 0 Å². The van der Waals surface area contributed by atoms with E-state index in [0.717, 1.165) is 55.5 Å². The van der Waals surface area contributed by atoms with Crippen molar-refractivity contribution < 1.29 is 14.6 Å². The van der Waals surface area contributed by atoms with Gasteiger partial charge >= 0.3 is 0 Å². The van der Waals surface area contributed by atoms with Crippen molar-refractivity contribution in [3.05, 3.63) is 89.5 Å². The molecule has 0 spiro atoms. The number of amides is 1. The van der Waals surface area contributed by atoms with E-state index >= 15 is 0 Å². The summed E-state index contributed by atoms with van der Waals surface area (Å²) in [5.41, 5.74) is 6.38. The molecule has 180 valence electrons. The smallest absolute Gasteiger partial charge is 0.258 e. The number of nitrogens with zero attached hydrogens (tertiary/aromatic N) is 1. The first-order valence-electron chi connectivity index (χ1n) is 11.9. The second kappa shape index (κ2) is 8.61. The maximum atomic E-state index is 13.8. The molecule has 5 aromatic rings. The number of halogens is 1. The number of phenols is 1. The number of hydrogen-bond donors (Lipinski definition) is 2. The molecule has 2 N–H and O–H groups in total. The molecule has 0 radical (unpaired) electrons. The summed E-state index contributed by atoms with van der Waals surface area (Å²) >= 11 is 6.39. The first-order valence-corrected chi connectivity index (χ1v) is 12.4. The van der Waals surface area contributed by atoms with Crippen molar-refractivity contribution >= 4 is 44.9 Å². The van der Waals surface area contributed by atoms with E-state index in [9.17, 15) is 9.90 Å². The van der Waals surface area contributed by atoms with Gasteiger partial charge in [0, 0.05) is 52.0 Å². The van der Waals surface area contributed by atoms with E-state index < -0.39 is 0 Å². The highest BCUT2D eigenvalue weighted by Crippen LogP contribution is 2.46. The van der Waals surface area contributed by atoms with Gasteiger partial charge in [0.1, 0.15) is 11.5 Å². The van der Waals surface area contributed by atoms with Crippen LogP contribution in [-0.4, -0.2) is 35.5 Å². The monoisotopic (exact) mass is 496 g/mol. The van der Waals surface area contributed by atoms with Crippen LogP contribution in [0.1, 0.15) is 27.4 Å². The lowest BCUT2D eigenvalue weighted by molar-refractivity contribution is 0.0988. The van der Waals surface area contributed by atoms with Crippen molar-refractivity contribution in [2.24, 2.45) is 0 Å². The Hall–Kier alpha value is -3.96. The van der Waals surface area contributed by atoms with Gasteiger partial charge in [0.05, 0.1) is 12.8 Å². The Morgan fingerprint density at radius 3 is 2.67 bits per heavy atom. The molecule has 6 rings (SSSR count). The number of carbonyl (C=O) groups excluding carboxylic acids is 1. The first kappa shape index (κ1) is 22.5. The van der Waals surface area contributed by atoms with E-state index in [2.05, 4.69) is 11.1 Å². The van der Waals surface area contributed by atoms with E-state index in [1.54, 1.807) is 18.1 Å². The molecule has 1 atom stereocenters. The van der Waals surface area contributed by atoms with Crippen LogP contribution in [0, 0.1) is 6.92 Å². The van der Waals surface area contributed by atoms with Crippen molar-refractivity contribution in [1.29, 1.82) is 0 Å². The number of aromatic nitrogens is 1. The number of anilines is 1. The number of ether oxygens (including phenoxy) is 1. The number of methoxy groups -OCH3 is 1. The number of benzene rings is 4. The maximum absolute atomic E-state index is 13.8. The average Bonchev–Trinajstić information content (AvgIpc) is 3.49. The number of aryl methyl sites for hydroxylation is 1. The van der Waals surface area contributed by atoms with Crippen LogP contribution in [0.5, 0.6) is 11.5 Å². The predicted octanol–water partition coefficient (Wildman–Crippen LogP) is 6.99. The summed E-state index contributed by atoms with van der Waals surface area (Å²) in [5, 5.41) is 13.5. The molecule has 0 aliphatic carbocycles. The molecule has 1 aliphatic rings. The van der Waals surface area contributed by atoms with Crippen molar-refractivity contribution in [3.63, 3.8) is 0 Å². The lowest BCUT2D eigenvalue weighted by atomic mass is 9.92. The summed E-state index contributed by atoms with van der Waals surface area (Å²) in [6.45, 7) is 2.50. The molecule has 1 aliphatic heterocycles. The van der Waals surface area contributed by atoms with Gasteiger partial charge < -0.3 is 19.7 Å². The number of nitrogens with one attached hydrogen (secondary N) is 1. The zero-order chi connectivity index (χ0) is 25.0. The molecule has 2 heterocycles. The number of aromatic amines is 1. The minimum absolute atomic E-state index is 0.00696. The Morgan fingerprint density at radius 2 is 1.92 bits per heavy atom. The number of rotatable bonds is 4. The molecule has 6 heteroatoms. The van der Waals surface area contributed by atoms with E-state index in [0.29, 0.717) is 18.0 Å². The van der Waals surface area contributed by atoms with Crippen molar-refractivity contribution in [1.82, 2.24) is 4.98 Å². The van der Waals surface area contributed by atoms with Gasteiger partial charge in [-0.25, -0.2) is 0 Å². The standard InChI is InChI=1S/C30H25ClN2O3/c1-17-4-3-5-23-27(34)14-26-29(28(17)23)21(15-31)16-33(26)30(35)19-8-11-24-20(12-19)13-25(32-24)18-6-9-22(36-2)10-7-18/h3-14,21,32,34H,15-16H2,1-2H3/t21-/m1/s1. The van der Waals surface area contributed by atoms with Crippen LogP contribution in [0.4, 0.5) is 5.69 Å². The number of aromatic hydroxyl groups is 1. The van der Waals surface area contributed by atoms with Gasteiger partial charge in [0.15, 0.2) is 0 Å². The fourth-order valence-electron chi connectivity index (χ4n) is 5.36. The lowest BCUT2D eigenvalue weighted by Gasteiger charge is -2.19. The molecule has 0 unspecified atom stereocenters. The van der Waals surface area contributed by atoms with Gasteiger partial charge in [-0.1, -0.05) is 18.2 Å². The Morgan fingerprint density at radius 1 is 1.11 bits per heavy atom.